The summed E-state index contributed by atoms with van der Waals surface area (Å²) in [7, 11) is -2.53. The molecule has 0 bridgehead atoms. The molecule has 0 atom stereocenters. The maximum atomic E-state index is 11.6. The summed E-state index contributed by atoms with van der Waals surface area (Å²) < 4.78 is 6.88. The molecule has 0 spiro atoms. The van der Waals surface area contributed by atoms with Gasteiger partial charge >= 0.3 is 0 Å². The SMILES string of the molecule is CC(=O)c1ccc(CO[Si](c2ccccc2)(c2ccccc2)C(C)(C)C)s1. The van der Waals surface area contributed by atoms with Gasteiger partial charge in [-0.05, 0) is 34.5 Å². The topological polar surface area (TPSA) is 26.3 Å². The van der Waals surface area contributed by atoms with Gasteiger partial charge in [-0.2, -0.15) is 0 Å². The van der Waals surface area contributed by atoms with E-state index in [9.17, 15) is 4.79 Å². The fourth-order valence-electron chi connectivity index (χ4n) is 3.59. The summed E-state index contributed by atoms with van der Waals surface area (Å²) in [6.07, 6.45) is 0. The molecule has 0 saturated carbocycles. The maximum absolute atomic E-state index is 11.6. The fourth-order valence-corrected chi connectivity index (χ4v) is 9.03. The van der Waals surface area contributed by atoms with Crippen molar-refractivity contribution in [1.82, 2.24) is 0 Å². The number of hydrogen-bond acceptors (Lipinski definition) is 3. The van der Waals surface area contributed by atoms with Crippen LogP contribution in [-0.4, -0.2) is 14.1 Å². The third kappa shape index (κ3) is 3.98. The molecule has 0 fully saturated rings. The smallest absolute Gasteiger partial charge is 0.261 e. The van der Waals surface area contributed by atoms with E-state index < -0.39 is 8.32 Å². The van der Waals surface area contributed by atoms with Crippen molar-refractivity contribution in [2.45, 2.75) is 39.3 Å². The second-order valence-electron chi connectivity index (χ2n) is 7.77. The van der Waals surface area contributed by atoms with Gasteiger partial charge in [-0.15, -0.1) is 11.3 Å². The van der Waals surface area contributed by atoms with Crippen LogP contribution in [0.3, 0.4) is 0 Å². The van der Waals surface area contributed by atoms with Crippen molar-refractivity contribution in [2.75, 3.05) is 0 Å². The first-order valence-electron chi connectivity index (χ1n) is 9.19. The summed E-state index contributed by atoms with van der Waals surface area (Å²) in [5.41, 5.74) is 0. The number of ketones is 1. The van der Waals surface area contributed by atoms with E-state index >= 15 is 0 Å². The van der Waals surface area contributed by atoms with Crippen LogP contribution < -0.4 is 10.4 Å². The number of hydrogen-bond donors (Lipinski definition) is 0. The molecular weight excluding hydrogens is 368 g/mol. The van der Waals surface area contributed by atoms with Gasteiger partial charge in [0.25, 0.3) is 8.32 Å². The number of Topliss-reactive ketones (excluding diaryl/α,β-unsaturated/α-hetero) is 1. The Bertz CT molecular complexity index is 855. The van der Waals surface area contributed by atoms with Gasteiger partial charge in [-0.1, -0.05) is 81.4 Å². The summed E-state index contributed by atoms with van der Waals surface area (Å²) in [6, 6.07) is 25.2. The molecule has 3 aromatic rings. The van der Waals surface area contributed by atoms with Crippen LogP contribution in [0.25, 0.3) is 0 Å². The van der Waals surface area contributed by atoms with Gasteiger partial charge in [0.2, 0.25) is 0 Å². The second kappa shape index (κ2) is 7.93. The summed E-state index contributed by atoms with van der Waals surface area (Å²) in [5, 5.41) is 2.50. The lowest BCUT2D eigenvalue weighted by molar-refractivity contribution is 0.102. The zero-order valence-corrected chi connectivity index (χ0v) is 18.2. The fraction of sp³-hybridized carbons (Fsp3) is 0.261. The van der Waals surface area contributed by atoms with E-state index in [1.165, 1.54) is 21.7 Å². The molecule has 0 aliphatic heterocycles. The Kier molecular flexibility index (Phi) is 5.80. The van der Waals surface area contributed by atoms with Gasteiger partial charge in [0.1, 0.15) is 0 Å². The first kappa shape index (κ1) is 19.7. The van der Waals surface area contributed by atoms with Gasteiger partial charge < -0.3 is 4.43 Å². The van der Waals surface area contributed by atoms with Crippen LogP contribution in [0.2, 0.25) is 5.04 Å². The number of thiophene rings is 1. The molecule has 2 nitrogen and oxygen atoms in total. The standard InChI is InChI=1S/C23H26O2SSi/c1-18(24)22-16-15-19(26-22)17-25-27(23(2,3)4,20-11-7-5-8-12-20)21-13-9-6-10-14-21/h5-16H,17H2,1-4H3. The lowest BCUT2D eigenvalue weighted by atomic mass is 10.2. The van der Waals surface area contributed by atoms with E-state index in [0.717, 1.165) is 9.75 Å². The van der Waals surface area contributed by atoms with Crippen LogP contribution >= 0.6 is 11.3 Å². The molecule has 4 heteroatoms. The molecule has 0 unspecified atom stereocenters. The van der Waals surface area contributed by atoms with Crippen LogP contribution in [0, 0.1) is 0 Å². The third-order valence-corrected chi connectivity index (χ3v) is 11.0. The zero-order chi connectivity index (χ0) is 19.5. The Labute approximate surface area is 167 Å². The molecule has 1 heterocycles. The normalized spacial score (nSPS) is 12.1. The van der Waals surface area contributed by atoms with Crippen molar-refractivity contribution in [1.29, 1.82) is 0 Å². The van der Waals surface area contributed by atoms with Crippen molar-refractivity contribution in [3.8, 4) is 0 Å². The molecule has 0 saturated heterocycles. The minimum atomic E-state index is -2.53. The molecule has 0 aliphatic rings. The molecule has 27 heavy (non-hydrogen) atoms. The maximum Gasteiger partial charge on any atom is 0.261 e. The van der Waals surface area contributed by atoms with E-state index in [4.69, 9.17) is 4.43 Å². The Morgan fingerprint density at radius 1 is 0.889 bits per heavy atom. The first-order valence-corrected chi connectivity index (χ1v) is 11.9. The summed E-state index contributed by atoms with van der Waals surface area (Å²) in [4.78, 5) is 13.5. The molecule has 140 valence electrons. The summed E-state index contributed by atoms with van der Waals surface area (Å²) >= 11 is 1.53. The molecule has 0 amide bonds. The van der Waals surface area contributed by atoms with Crippen molar-refractivity contribution < 1.29 is 9.22 Å². The van der Waals surface area contributed by atoms with E-state index in [0.29, 0.717) is 6.61 Å². The molecule has 0 radical (unpaired) electrons. The molecule has 3 rings (SSSR count). The van der Waals surface area contributed by atoms with Crippen molar-refractivity contribution >= 4 is 35.8 Å². The van der Waals surface area contributed by atoms with E-state index in [1.54, 1.807) is 6.92 Å². The summed E-state index contributed by atoms with van der Waals surface area (Å²) in [6.45, 7) is 8.95. The lowest BCUT2D eigenvalue weighted by Gasteiger charge is -2.43. The van der Waals surface area contributed by atoms with E-state index in [-0.39, 0.29) is 10.8 Å². The molecule has 1 aromatic heterocycles. The third-order valence-electron chi connectivity index (χ3n) is 4.86. The van der Waals surface area contributed by atoms with Crippen molar-refractivity contribution in [3.63, 3.8) is 0 Å². The Morgan fingerprint density at radius 3 is 1.81 bits per heavy atom. The first-order chi connectivity index (χ1) is 12.8. The van der Waals surface area contributed by atoms with Crippen LogP contribution in [0.4, 0.5) is 0 Å². The van der Waals surface area contributed by atoms with Crippen molar-refractivity contribution in [2.24, 2.45) is 0 Å². The van der Waals surface area contributed by atoms with Crippen LogP contribution in [-0.2, 0) is 11.0 Å². The monoisotopic (exact) mass is 394 g/mol. The molecule has 0 N–H and O–H groups in total. The quantitative estimate of drug-likeness (QED) is 0.433. The van der Waals surface area contributed by atoms with E-state index in [2.05, 4.69) is 81.4 Å². The Hall–Kier alpha value is -2.01. The van der Waals surface area contributed by atoms with Crippen LogP contribution in [0.15, 0.2) is 72.8 Å². The molecule has 0 aliphatic carbocycles. The summed E-state index contributed by atoms with van der Waals surface area (Å²) in [5.74, 6) is 0.108. The Morgan fingerprint density at radius 2 is 1.41 bits per heavy atom. The van der Waals surface area contributed by atoms with Crippen molar-refractivity contribution in [3.05, 3.63) is 82.6 Å². The molecular formula is C23H26O2SSi. The second-order valence-corrected chi connectivity index (χ2v) is 13.2. The number of benzene rings is 2. The lowest BCUT2D eigenvalue weighted by Crippen LogP contribution is -2.66. The van der Waals surface area contributed by atoms with Gasteiger partial charge in [0.05, 0.1) is 11.5 Å². The highest BCUT2D eigenvalue weighted by Crippen LogP contribution is 2.37. The van der Waals surface area contributed by atoms with Crippen LogP contribution in [0.1, 0.15) is 42.2 Å². The number of rotatable bonds is 6. The average Bonchev–Trinajstić information content (AvgIpc) is 3.12. The molecule has 2 aromatic carbocycles. The number of carbonyl (C=O) groups is 1. The zero-order valence-electron chi connectivity index (χ0n) is 16.4. The van der Waals surface area contributed by atoms with E-state index in [1.807, 2.05) is 12.1 Å². The highest BCUT2D eigenvalue weighted by molar-refractivity contribution is 7.14. The van der Waals surface area contributed by atoms with Gasteiger partial charge in [-0.25, -0.2) is 0 Å². The highest BCUT2D eigenvalue weighted by Gasteiger charge is 2.50. The number of carbonyl (C=O) groups excluding carboxylic acids is 1. The largest absolute Gasteiger partial charge is 0.402 e. The predicted molar refractivity (Wildman–Crippen MR) is 117 cm³/mol. The predicted octanol–water partition coefficient (Wildman–Crippen LogP) is 5.03. The average molecular weight is 395 g/mol. The van der Waals surface area contributed by atoms with Gasteiger partial charge in [-0.3, -0.25) is 4.79 Å². The minimum Gasteiger partial charge on any atom is -0.402 e. The highest BCUT2D eigenvalue weighted by atomic mass is 32.1. The van der Waals surface area contributed by atoms with Gasteiger partial charge in [0, 0.05) is 4.88 Å². The van der Waals surface area contributed by atoms with Gasteiger partial charge in [0.15, 0.2) is 5.78 Å². The minimum absolute atomic E-state index is 0.0453. The Balaban J connectivity index is 2.07. The van der Waals surface area contributed by atoms with Crippen LogP contribution in [0.5, 0.6) is 0 Å².